The second kappa shape index (κ2) is 13.8. The number of carbonyl (C=O) groups is 3. The summed E-state index contributed by atoms with van der Waals surface area (Å²) in [5.74, 6) is -1.21. The second-order valence-corrected chi connectivity index (χ2v) is 9.43. The molecule has 0 aliphatic heterocycles. The molecule has 3 amide bonds. The standard InChI is InChI=1S/C25H41N3O6/c1-7-9-15-28(23(32)19(16-29)27-24(33)34-25(4,5)6)21(18-13-10-11-14-20(18)30)22(31)26-17(3)12-8-2/h10-11,13-14,17,19,21,29-30H,7-9,12,15-16H2,1-6H3,(H,26,31)(H,27,33). The Kier molecular flexibility index (Phi) is 11.9. The zero-order valence-corrected chi connectivity index (χ0v) is 21.3. The van der Waals surface area contributed by atoms with Crippen LogP contribution < -0.4 is 10.6 Å². The lowest BCUT2D eigenvalue weighted by molar-refractivity contribution is -0.143. The highest BCUT2D eigenvalue weighted by Gasteiger charge is 2.37. The third-order valence-corrected chi connectivity index (χ3v) is 5.11. The van der Waals surface area contributed by atoms with Crippen molar-refractivity contribution in [3.8, 4) is 5.75 Å². The van der Waals surface area contributed by atoms with Gasteiger partial charge in [-0.3, -0.25) is 9.59 Å². The molecule has 0 aromatic heterocycles. The number of nitrogens with one attached hydrogen (secondary N) is 2. The fraction of sp³-hybridized carbons (Fsp3) is 0.640. The largest absolute Gasteiger partial charge is 0.508 e. The number of unbranched alkanes of at least 4 members (excludes halogenated alkanes) is 1. The van der Waals surface area contributed by atoms with Gasteiger partial charge in [0.2, 0.25) is 11.8 Å². The first-order valence-corrected chi connectivity index (χ1v) is 11.9. The predicted octanol–water partition coefficient (Wildman–Crippen LogP) is 3.25. The number of carbonyl (C=O) groups excluding carboxylic acids is 3. The SMILES string of the molecule is CCCCN(C(=O)C(CO)NC(=O)OC(C)(C)C)C(C(=O)NC(C)CCC)c1ccccc1O. The lowest BCUT2D eigenvalue weighted by atomic mass is 10.0. The molecule has 0 bridgehead atoms. The van der Waals surface area contributed by atoms with Gasteiger partial charge in [-0.25, -0.2) is 4.79 Å². The number of phenolic OH excluding ortho intramolecular Hbond substituents is 1. The minimum atomic E-state index is -1.32. The smallest absolute Gasteiger partial charge is 0.408 e. The van der Waals surface area contributed by atoms with Crippen molar-refractivity contribution in [1.29, 1.82) is 0 Å². The molecule has 0 saturated heterocycles. The quantitative estimate of drug-likeness (QED) is 0.364. The topological polar surface area (TPSA) is 128 Å². The Bertz CT molecular complexity index is 808. The molecule has 1 aromatic carbocycles. The number of aliphatic hydroxyl groups excluding tert-OH is 1. The van der Waals surface area contributed by atoms with Crippen LogP contribution in [0.2, 0.25) is 0 Å². The molecular weight excluding hydrogens is 438 g/mol. The molecule has 192 valence electrons. The van der Waals surface area contributed by atoms with Gasteiger partial charge >= 0.3 is 6.09 Å². The number of rotatable bonds is 12. The fourth-order valence-electron chi connectivity index (χ4n) is 3.53. The first-order chi connectivity index (χ1) is 15.9. The zero-order chi connectivity index (χ0) is 25.9. The van der Waals surface area contributed by atoms with Gasteiger partial charge < -0.3 is 30.5 Å². The number of para-hydroxylation sites is 1. The maximum absolute atomic E-state index is 13.6. The molecule has 1 aromatic rings. The molecule has 0 aliphatic carbocycles. The molecule has 0 spiro atoms. The molecule has 0 fully saturated rings. The third-order valence-electron chi connectivity index (χ3n) is 5.11. The lowest BCUT2D eigenvalue weighted by Crippen LogP contribution is -2.55. The summed E-state index contributed by atoms with van der Waals surface area (Å²) >= 11 is 0. The van der Waals surface area contributed by atoms with Gasteiger partial charge in [0.15, 0.2) is 0 Å². The Balaban J connectivity index is 3.37. The minimum absolute atomic E-state index is 0.124. The van der Waals surface area contributed by atoms with Crippen molar-refractivity contribution in [3.63, 3.8) is 0 Å². The van der Waals surface area contributed by atoms with Crippen molar-refractivity contribution in [2.24, 2.45) is 0 Å². The highest BCUT2D eigenvalue weighted by atomic mass is 16.6. The van der Waals surface area contributed by atoms with Gasteiger partial charge in [0.05, 0.1) is 6.61 Å². The fourth-order valence-corrected chi connectivity index (χ4v) is 3.53. The Morgan fingerprint density at radius 2 is 1.74 bits per heavy atom. The van der Waals surface area contributed by atoms with E-state index in [1.54, 1.807) is 39.0 Å². The van der Waals surface area contributed by atoms with E-state index in [-0.39, 0.29) is 23.9 Å². The number of benzene rings is 1. The maximum Gasteiger partial charge on any atom is 0.408 e. The molecule has 9 heteroatoms. The van der Waals surface area contributed by atoms with E-state index in [0.29, 0.717) is 6.42 Å². The van der Waals surface area contributed by atoms with Gasteiger partial charge in [0.1, 0.15) is 23.4 Å². The summed E-state index contributed by atoms with van der Waals surface area (Å²) in [6.45, 7) is 10.4. The van der Waals surface area contributed by atoms with Crippen LogP contribution in [0.5, 0.6) is 5.75 Å². The number of nitrogens with zero attached hydrogens (tertiary/aromatic N) is 1. The molecule has 1 rings (SSSR count). The maximum atomic E-state index is 13.6. The summed E-state index contributed by atoms with van der Waals surface area (Å²) in [5.41, 5.74) is -0.523. The van der Waals surface area contributed by atoms with Crippen LogP contribution in [-0.4, -0.2) is 63.9 Å². The monoisotopic (exact) mass is 479 g/mol. The van der Waals surface area contributed by atoms with Gasteiger partial charge in [-0.05, 0) is 46.6 Å². The van der Waals surface area contributed by atoms with Crippen molar-refractivity contribution in [3.05, 3.63) is 29.8 Å². The van der Waals surface area contributed by atoms with E-state index in [1.165, 1.54) is 11.0 Å². The van der Waals surface area contributed by atoms with Crippen LogP contribution >= 0.6 is 0 Å². The highest BCUT2D eigenvalue weighted by Crippen LogP contribution is 2.30. The van der Waals surface area contributed by atoms with Crippen LogP contribution in [0.25, 0.3) is 0 Å². The first kappa shape index (κ1) is 29.2. The number of ether oxygens (including phenoxy) is 1. The molecule has 9 nitrogen and oxygen atoms in total. The summed E-state index contributed by atoms with van der Waals surface area (Å²) in [5, 5.41) is 25.8. The Labute approximate surface area is 202 Å². The molecule has 3 atom stereocenters. The summed E-state index contributed by atoms with van der Waals surface area (Å²) < 4.78 is 5.22. The summed E-state index contributed by atoms with van der Waals surface area (Å²) in [6, 6.07) is 3.75. The van der Waals surface area contributed by atoms with Gasteiger partial charge in [-0.2, -0.15) is 0 Å². The Morgan fingerprint density at radius 1 is 1.09 bits per heavy atom. The Morgan fingerprint density at radius 3 is 2.26 bits per heavy atom. The molecule has 0 radical (unpaired) electrons. The number of phenols is 1. The number of hydrogen-bond acceptors (Lipinski definition) is 6. The zero-order valence-electron chi connectivity index (χ0n) is 21.3. The summed E-state index contributed by atoms with van der Waals surface area (Å²) in [7, 11) is 0. The number of aliphatic hydroxyl groups is 1. The van der Waals surface area contributed by atoms with Crippen LogP contribution in [0.1, 0.15) is 78.8 Å². The average molecular weight is 480 g/mol. The molecule has 34 heavy (non-hydrogen) atoms. The number of alkyl carbamates (subject to hydrolysis) is 1. The second-order valence-electron chi connectivity index (χ2n) is 9.43. The lowest BCUT2D eigenvalue weighted by Gasteiger charge is -2.35. The van der Waals surface area contributed by atoms with Crippen molar-refractivity contribution < 1.29 is 29.3 Å². The summed E-state index contributed by atoms with van der Waals surface area (Å²) in [4.78, 5) is 40.6. The Hall–Kier alpha value is -2.81. The van der Waals surface area contributed by atoms with E-state index in [1.807, 2.05) is 20.8 Å². The van der Waals surface area contributed by atoms with Crippen LogP contribution in [0.15, 0.2) is 24.3 Å². The van der Waals surface area contributed by atoms with Gasteiger partial charge in [-0.1, -0.05) is 44.9 Å². The average Bonchev–Trinajstić information content (AvgIpc) is 2.74. The van der Waals surface area contributed by atoms with E-state index < -0.39 is 42.2 Å². The van der Waals surface area contributed by atoms with E-state index in [9.17, 15) is 24.6 Å². The molecular formula is C25H41N3O6. The molecule has 4 N–H and O–H groups in total. The third kappa shape index (κ3) is 9.21. The predicted molar refractivity (Wildman–Crippen MR) is 130 cm³/mol. The van der Waals surface area contributed by atoms with E-state index in [4.69, 9.17) is 4.74 Å². The van der Waals surface area contributed by atoms with Crippen molar-refractivity contribution in [2.45, 2.75) is 91.0 Å². The first-order valence-electron chi connectivity index (χ1n) is 11.9. The van der Waals surface area contributed by atoms with Gasteiger partial charge in [-0.15, -0.1) is 0 Å². The molecule has 0 aliphatic rings. The number of amides is 3. The van der Waals surface area contributed by atoms with E-state index in [0.717, 1.165) is 19.3 Å². The van der Waals surface area contributed by atoms with Crippen molar-refractivity contribution in [1.82, 2.24) is 15.5 Å². The van der Waals surface area contributed by atoms with Crippen LogP contribution in [-0.2, 0) is 14.3 Å². The number of aromatic hydroxyl groups is 1. The normalized spacial score (nSPS) is 14.0. The molecule has 0 saturated carbocycles. The van der Waals surface area contributed by atoms with Crippen LogP contribution in [0.3, 0.4) is 0 Å². The van der Waals surface area contributed by atoms with Crippen LogP contribution in [0.4, 0.5) is 4.79 Å². The van der Waals surface area contributed by atoms with E-state index >= 15 is 0 Å². The van der Waals surface area contributed by atoms with Crippen LogP contribution in [0, 0.1) is 0 Å². The van der Waals surface area contributed by atoms with Crippen molar-refractivity contribution >= 4 is 17.9 Å². The minimum Gasteiger partial charge on any atom is -0.508 e. The molecule has 3 unspecified atom stereocenters. The van der Waals surface area contributed by atoms with Gasteiger partial charge in [0, 0.05) is 18.2 Å². The van der Waals surface area contributed by atoms with E-state index in [2.05, 4.69) is 10.6 Å². The van der Waals surface area contributed by atoms with Crippen molar-refractivity contribution in [2.75, 3.05) is 13.2 Å². The number of hydrogen-bond donors (Lipinski definition) is 4. The molecule has 0 heterocycles. The highest BCUT2D eigenvalue weighted by molar-refractivity contribution is 5.92. The van der Waals surface area contributed by atoms with Gasteiger partial charge in [0.25, 0.3) is 0 Å². The summed E-state index contributed by atoms with van der Waals surface area (Å²) in [6.07, 6.45) is 2.09.